The number of thiophene rings is 1. The molecular weight excluding hydrogens is 256 g/mol. The molecule has 3 rings (SSSR count). The zero-order chi connectivity index (χ0) is 13.2. The van der Waals surface area contributed by atoms with Crippen molar-refractivity contribution in [3.05, 3.63) is 21.4 Å². The van der Waals surface area contributed by atoms with Gasteiger partial charge in [0.2, 0.25) is 0 Å². The molecular formula is C15H22N2OS. The summed E-state index contributed by atoms with van der Waals surface area (Å²) < 4.78 is 0. The number of carbonyl (C=O) groups is 1. The third-order valence-electron chi connectivity index (χ3n) is 4.29. The minimum absolute atomic E-state index is 0.263. The summed E-state index contributed by atoms with van der Waals surface area (Å²) in [6, 6.07) is 2.53. The fourth-order valence-electron chi connectivity index (χ4n) is 3.29. The van der Waals surface area contributed by atoms with Gasteiger partial charge >= 0.3 is 0 Å². The van der Waals surface area contributed by atoms with E-state index >= 15 is 0 Å². The topological polar surface area (TPSA) is 32.3 Å². The summed E-state index contributed by atoms with van der Waals surface area (Å²) in [6.45, 7) is 1.84. The molecule has 3 nitrogen and oxygen atoms in total. The lowest BCUT2D eigenvalue weighted by molar-refractivity contribution is 0.0620. The van der Waals surface area contributed by atoms with Gasteiger partial charge in [0.05, 0.1) is 4.88 Å². The average molecular weight is 278 g/mol. The highest BCUT2D eigenvalue weighted by atomic mass is 32.1. The maximum Gasteiger partial charge on any atom is 0.264 e. The number of likely N-dealkylation sites (N-methyl/N-ethyl adjacent to an activating group) is 1. The highest BCUT2D eigenvalue weighted by molar-refractivity contribution is 7.14. The van der Waals surface area contributed by atoms with E-state index in [-0.39, 0.29) is 5.91 Å². The van der Waals surface area contributed by atoms with Gasteiger partial charge in [0.1, 0.15) is 0 Å². The molecule has 0 bridgehead atoms. The van der Waals surface area contributed by atoms with E-state index in [1.807, 2.05) is 7.05 Å². The van der Waals surface area contributed by atoms with Crippen LogP contribution in [0.25, 0.3) is 0 Å². The van der Waals surface area contributed by atoms with Crippen LogP contribution < -0.4 is 5.32 Å². The molecule has 1 amide bonds. The molecule has 4 heteroatoms. The maximum absolute atomic E-state index is 12.7. The van der Waals surface area contributed by atoms with Crippen LogP contribution in [0.1, 0.15) is 45.8 Å². The molecule has 1 aromatic heterocycles. The Hall–Kier alpha value is -0.870. The van der Waals surface area contributed by atoms with Gasteiger partial charge in [-0.15, -0.1) is 11.3 Å². The number of aryl methyl sites for hydroxylation is 2. The van der Waals surface area contributed by atoms with Crippen LogP contribution in [0.4, 0.5) is 0 Å². The number of fused-ring (bicyclic) bond motifs is 1. The monoisotopic (exact) mass is 278 g/mol. The first-order valence-corrected chi connectivity index (χ1v) is 8.18. The first-order valence-electron chi connectivity index (χ1n) is 7.36. The smallest absolute Gasteiger partial charge is 0.264 e. The normalized spacial score (nSPS) is 22.6. The van der Waals surface area contributed by atoms with Gasteiger partial charge in [0.25, 0.3) is 5.91 Å². The lowest BCUT2D eigenvalue weighted by Crippen LogP contribution is -2.47. The summed E-state index contributed by atoms with van der Waals surface area (Å²) in [4.78, 5) is 17.2. The van der Waals surface area contributed by atoms with Gasteiger partial charge < -0.3 is 10.2 Å². The number of carbonyl (C=O) groups excluding carboxylic acids is 1. The van der Waals surface area contributed by atoms with Crippen molar-refractivity contribution < 1.29 is 4.79 Å². The summed E-state index contributed by atoms with van der Waals surface area (Å²) in [7, 11) is 1.97. The third-order valence-corrected chi connectivity index (χ3v) is 5.51. The summed E-state index contributed by atoms with van der Waals surface area (Å²) in [5.74, 6) is 0.263. The molecule has 0 saturated carbocycles. The molecule has 1 aliphatic heterocycles. The third kappa shape index (κ3) is 2.56. The Morgan fingerprint density at radius 1 is 1.42 bits per heavy atom. The highest BCUT2D eigenvalue weighted by Gasteiger charge is 2.29. The zero-order valence-electron chi connectivity index (χ0n) is 11.6. The molecule has 0 radical (unpaired) electrons. The number of hydrogen-bond donors (Lipinski definition) is 1. The number of nitrogens with zero attached hydrogens (tertiary/aromatic N) is 1. The van der Waals surface area contributed by atoms with Gasteiger partial charge in [-0.1, -0.05) is 0 Å². The number of piperidine rings is 1. The van der Waals surface area contributed by atoms with E-state index in [1.54, 1.807) is 11.3 Å². The molecule has 0 spiro atoms. The van der Waals surface area contributed by atoms with E-state index in [0.717, 1.165) is 30.8 Å². The largest absolute Gasteiger partial charge is 0.334 e. The molecule has 1 saturated heterocycles. The molecule has 1 fully saturated rings. The fraction of sp³-hybridized carbons (Fsp3) is 0.667. The van der Waals surface area contributed by atoms with Crippen molar-refractivity contribution in [2.24, 2.45) is 0 Å². The van der Waals surface area contributed by atoms with Gasteiger partial charge in [-0.25, -0.2) is 0 Å². The molecule has 1 aromatic rings. The lowest BCUT2D eigenvalue weighted by Gasteiger charge is -2.35. The van der Waals surface area contributed by atoms with Crippen LogP contribution in [0.15, 0.2) is 6.07 Å². The predicted octanol–water partition coefficient (Wildman–Crippen LogP) is 2.45. The van der Waals surface area contributed by atoms with Gasteiger partial charge in [-0.2, -0.15) is 0 Å². The Morgan fingerprint density at radius 3 is 3.11 bits per heavy atom. The molecule has 0 aromatic carbocycles. The van der Waals surface area contributed by atoms with Gasteiger partial charge in [-0.05, 0) is 57.2 Å². The molecule has 1 aliphatic carbocycles. The first-order chi connectivity index (χ1) is 9.29. The molecule has 1 unspecified atom stereocenters. The summed E-state index contributed by atoms with van der Waals surface area (Å²) in [5, 5.41) is 3.22. The Balaban J connectivity index is 1.77. The predicted molar refractivity (Wildman–Crippen MR) is 78.9 cm³/mol. The van der Waals surface area contributed by atoms with Crippen molar-refractivity contribution >= 4 is 17.2 Å². The van der Waals surface area contributed by atoms with Crippen molar-refractivity contribution in [1.82, 2.24) is 10.2 Å². The Kier molecular flexibility index (Phi) is 3.89. The van der Waals surface area contributed by atoms with Gasteiger partial charge in [0.15, 0.2) is 0 Å². The van der Waals surface area contributed by atoms with E-state index < -0.39 is 0 Å². The molecule has 1 atom stereocenters. The van der Waals surface area contributed by atoms with E-state index in [0.29, 0.717) is 6.04 Å². The summed E-state index contributed by atoms with van der Waals surface area (Å²) in [5.41, 5.74) is 1.43. The Morgan fingerprint density at radius 2 is 2.32 bits per heavy atom. The standard InChI is InChI=1S/C15H22N2OS/c1-16-10-12-6-2-3-8-17(12)15(18)14-9-11-5-4-7-13(11)19-14/h9,12,16H,2-8,10H2,1H3. The number of amides is 1. The number of hydrogen-bond acceptors (Lipinski definition) is 3. The Bertz CT molecular complexity index is 445. The average Bonchev–Trinajstić information content (AvgIpc) is 2.99. The second-order valence-electron chi connectivity index (χ2n) is 5.62. The van der Waals surface area contributed by atoms with Gasteiger partial charge in [-0.3, -0.25) is 4.79 Å². The van der Waals surface area contributed by atoms with E-state index in [2.05, 4.69) is 16.3 Å². The van der Waals surface area contributed by atoms with Crippen LogP contribution >= 0.6 is 11.3 Å². The van der Waals surface area contributed by atoms with E-state index in [4.69, 9.17) is 0 Å². The summed E-state index contributed by atoms with van der Waals surface area (Å²) >= 11 is 1.73. The highest BCUT2D eigenvalue weighted by Crippen LogP contribution is 2.32. The van der Waals surface area contributed by atoms with E-state index in [1.165, 1.54) is 36.1 Å². The maximum atomic E-state index is 12.7. The minimum atomic E-state index is 0.263. The van der Waals surface area contributed by atoms with Gasteiger partial charge in [0, 0.05) is 24.0 Å². The number of rotatable bonds is 3. The van der Waals surface area contributed by atoms with Crippen LogP contribution in [-0.2, 0) is 12.8 Å². The van der Waals surface area contributed by atoms with Crippen LogP contribution in [0.3, 0.4) is 0 Å². The van der Waals surface area contributed by atoms with Crippen LogP contribution in [0.2, 0.25) is 0 Å². The summed E-state index contributed by atoms with van der Waals surface area (Å²) in [6.07, 6.45) is 7.14. The van der Waals surface area contributed by atoms with Crippen molar-refractivity contribution in [3.8, 4) is 0 Å². The SMILES string of the molecule is CNCC1CCCCN1C(=O)c1cc2c(s1)CCC2. The first kappa shape index (κ1) is 13.1. The Labute approximate surface area is 119 Å². The van der Waals surface area contributed by atoms with Crippen molar-refractivity contribution in [2.75, 3.05) is 20.1 Å². The molecule has 1 N–H and O–H groups in total. The van der Waals surface area contributed by atoms with Crippen LogP contribution in [0.5, 0.6) is 0 Å². The number of nitrogens with one attached hydrogen (secondary N) is 1. The molecule has 2 heterocycles. The second kappa shape index (κ2) is 5.63. The minimum Gasteiger partial charge on any atom is -0.334 e. The zero-order valence-corrected chi connectivity index (χ0v) is 12.4. The van der Waals surface area contributed by atoms with Crippen molar-refractivity contribution in [2.45, 2.75) is 44.6 Å². The molecule has 2 aliphatic rings. The van der Waals surface area contributed by atoms with Crippen molar-refractivity contribution in [1.29, 1.82) is 0 Å². The number of likely N-dealkylation sites (tertiary alicyclic amines) is 1. The molecule has 19 heavy (non-hydrogen) atoms. The van der Waals surface area contributed by atoms with Crippen molar-refractivity contribution in [3.63, 3.8) is 0 Å². The fourth-order valence-corrected chi connectivity index (χ4v) is 4.50. The molecule has 104 valence electrons. The second-order valence-corrected chi connectivity index (χ2v) is 6.76. The lowest BCUT2D eigenvalue weighted by atomic mass is 10.0. The van der Waals surface area contributed by atoms with Crippen LogP contribution in [-0.4, -0.2) is 37.0 Å². The quantitative estimate of drug-likeness (QED) is 0.921. The van der Waals surface area contributed by atoms with Crippen LogP contribution in [0, 0.1) is 0 Å². The van der Waals surface area contributed by atoms with E-state index in [9.17, 15) is 4.79 Å².